The number of thioether (sulfide) groups is 1. The van der Waals surface area contributed by atoms with Crippen LogP contribution in [-0.2, 0) is 27.7 Å². The summed E-state index contributed by atoms with van der Waals surface area (Å²) < 4.78 is 5.03. The number of nitrogens with zero attached hydrogens (tertiary/aromatic N) is 6. The van der Waals surface area contributed by atoms with Crippen molar-refractivity contribution < 1.29 is 0 Å². The van der Waals surface area contributed by atoms with Gasteiger partial charge < -0.3 is 5.32 Å². The summed E-state index contributed by atoms with van der Waals surface area (Å²) in [6.45, 7) is 1.71. The highest BCUT2D eigenvalue weighted by molar-refractivity contribution is 7.99. The van der Waals surface area contributed by atoms with E-state index in [-0.39, 0.29) is 18.1 Å². The summed E-state index contributed by atoms with van der Waals surface area (Å²) in [5, 5.41) is 15.6. The largest absolute Gasteiger partial charge is 0.328 e. The molecule has 0 spiro atoms. The number of rotatable bonds is 7. The first-order chi connectivity index (χ1) is 11.6. The number of nitrogens with one attached hydrogen (secondary N) is 1. The van der Waals surface area contributed by atoms with E-state index in [2.05, 4.69) is 33.0 Å². The number of aromatic nitrogens is 6. The average Bonchev–Trinajstić information content (AvgIpc) is 3.08. The number of hydrogen-bond donors (Lipinski definition) is 1. The highest BCUT2D eigenvalue weighted by Gasteiger charge is 2.08. The van der Waals surface area contributed by atoms with Crippen molar-refractivity contribution in [1.82, 2.24) is 34.7 Å². The highest BCUT2D eigenvalue weighted by Crippen LogP contribution is 2.14. The Morgan fingerprint density at radius 2 is 1.92 bits per heavy atom. The maximum absolute atomic E-state index is 11.9. The molecule has 0 saturated heterocycles. The predicted octanol–water partition coefficient (Wildman–Crippen LogP) is 1.09. The van der Waals surface area contributed by atoms with Crippen LogP contribution >= 0.6 is 24.2 Å². The van der Waals surface area contributed by atoms with Crippen LogP contribution in [0.4, 0.5) is 0 Å². The highest BCUT2D eigenvalue weighted by atomic mass is 35.5. The summed E-state index contributed by atoms with van der Waals surface area (Å²) in [6, 6.07) is 6.14. The van der Waals surface area contributed by atoms with Gasteiger partial charge in [-0.15, -0.1) is 17.5 Å². The van der Waals surface area contributed by atoms with Gasteiger partial charge in [0.05, 0.1) is 11.0 Å². The van der Waals surface area contributed by atoms with E-state index < -0.39 is 0 Å². The van der Waals surface area contributed by atoms with E-state index in [9.17, 15) is 4.79 Å². The smallest absolute Gasteiger partial charge is 0.313 e. The van der Waals surface area contributed by atoms with Crippen LogP contribution in [0.5, 0.6) is 0 Å². The molecule has 1 aromatic carbocycles. The fourth-order valence-corrected chi connectivity index (χ4v) is 3.39. The second-order valence-electron chi connectivity index (χ2n) is 5.69. The molecule has 0 aliphatic heterocycles. The van der Waals surface area contributed by atoms with Crippen molar-refractivity contribution >= 4 is 35.2 Å². The molecule has 0 atom stereocenters. The Balaban J connectivity index is 0.00000225. The van der Waals surface area contributed by atoms with Crippen molar-refractivity contribution in [3.8, 4) is 0 Å². The quantitative estimate of drug-likeness (QED) is 0.486. The number of fused-ring (bicyclic) bond motifs is 1. The molecule has 0 fully saturated rings. The maximum atomic E-state index is 11.9. The lowest BCUT2D eigenvalue weighted by molar-refractivity contribution is 0.661. The molecule has 0 radical (unpaired) electrons. The molecule has 3 aromatic rings. The molecule has 0 unspecified atom stereocenters. The second kappa shape index (κ2) is 8.50. The molecule has 2 heterocycles. The molecule has 0 amide bonds. The van der Waals surface area contributed by atoms with E-state index in [1.54, 1.807) is 39.7 Å². The third kappa shape index (κ3) is 4.23. The summed E-state index contributed by atoms with van der Waals surface area (Å²) in [6.07, 6.45) is 1.03. The molecular weight excluding hydrogens is 362 g/mol. The molecule has 0 aliphatic rings. The monoisotopic (exact) mass is 383 g/mol. The van der Waals surface area contributed by atoms with Gasteiger partial charge in [0.15, 0.2) is 0 Å². The fraction of sp³-hybridized carbons (Fsp3) is 0.467. The van der Waals surface area contributed by atoms with Crippen molar-refractivity contribution in [3.05, 3.63) is 34.2 Å². The Hall–Kier alpha value is -1.84. The molecule has 1 N–H and O–H groups in total. The lowest BCUT2D eigenvalue weighted by atomic mass is 10.2. The van der Waals surface area contributed by atoms with E-state index in [1.807, 2.05) is 13.1 Å². The van der Waals surface area contributed by atoms with E-state index in [4.69, 9.17) is 0 Å². The Kier molecular flexibility index (Phi) is 6.63. The zero-order valence-electron chi connectivity index (χ0n) is 14.5. The van der Waals surface area contributed by atoms with Gasteiger partial charge in [-0.25, -0.2) is 9.48 Å². The summed E-state index contributed by atoms with van der Waals surface area (Å²) in [7, 11) is 5.45. The Labute approximate surface area is 156 Å². The lowest BCUT2D eigenvalue weighted by Crippen LogP contribution is -2.19. The van der Waals surface area contributed by atoms with E-state index in [1.165, 1.54) is 5.56 Å². The van der Waals surface area contributed by atoms with Gasteiger partial charge in [-0.1, -0.05) is 17.8 Å². The van der Waals surface area contributed by atoms with Crippen LogP contribution in [0.25, 0.3) is 11.0 Å². The van der Waals surface area contributed by atoms with Crippen molar-refractivity contribution in [2.45, 2.75) is 18.1 Å². The minimum atomic E-state index is 0. The second-order valence-corrected chi connectivity index (χ2v) is 6.75. The van der Waals surface area contributed by atoms with Gasteiger partial charge in [0.1, 0.15) is 0 Å². The molecule has 25 heavy (non-hydrogen) atoms. The van der Waals surface area contributed by atoms with Gasteiger partial charge in [0, 0.05) is 33.4 Å². The molecule has 0 bridgehead atoms. The zero-order valence-corrected chi connectivity index (χ0v) is 16.1. The minimum absolute atomic E-state index is 0. The predicted molar refractivity (Wildman–Crippen MR) is 101 cm³/mol. The molecule has 136 valence electrons. The summed E-state index contributed by atoms with van der Waals surface area (Å²) >= 11 is 1.65. The maximum Gasteiger partial charge on any atom is 0.328 e. The Bertz CT molecular complexity index is 901. The standard InChI is InChI=1S/C15H21N7OS.ClH/c1-20-12-6-5-11(9-13(12)21(2)15(20)23)10-16-7-4-8-24-14-17-18-19-22(14)3;/h5-6,9,16H,4,7-8,10H2,1-3H3;1H. The van der Waals surface area contributed by atoms with Crippen LogP contribution in [0, 0.1) is 0 Å². The SMILES string of the molecule is Cl.Cn1nnnc1SCCCNCc1ccc2c(c1)n(C)c(=O)n2C. The third-order valence-electron chi connectivity index (χ3n) is 3.98. The first kappa shape index (κ1) is 19.5. The molecule has 8 nitrogen and oxygen atoms in total. The van der Waals surface area contributed by atoms with Crippen molar-refractivity contribution in [2.75, 3.05) is 12.3 Å². The Morgan fingerprint density at radius 3 is 2.64 bits per heavy atom. The number of halogens is 1. The van der Waals surface area contributed by atoms with Gasteiger partial charge in [-0.2, -0.15) is 0 Å². The minimum Gasteiger partial charge on any atom is -0.313 e. The normalized spacial score (nSPS) is 11.0. The van der Waals surface area contributed by atoms with E-state index >= 15 is 0 Å². The van der Waals surface area contributed by atoms with Crippen molar-refractivity contribution in [1.29, 1.82) is 0 Å². The summed E-state index contributed by atoms with van der Waals surface area (Å²) in [5.41, 5.74) is 3.10. The van der Waals surface area contributed by atoms with Crippen molar-refractivity contribution in [2.24, 2.45) is 21.1 Å². The fourth-order valence-electron chi connectivity index (χ4n) is 2.60. The number of hydrogen-bond acceptors (Lipinski definition) is 6. The third-order valence-corrected chi connectivity index (χ3v) is 5.07. The van der Waals surface area contributed by atoms with Crippen LogP contribution in [0.3, 0.4) is 0 Å². The van der Waals surface area contributed by atoms with Gasteiger partial charge in [0.2, 0.25) is 5.16 Å². The number of aryl methyl sites for hydroxylation is 3. The van der Waals surface area contributed by atoms with E-state index in [0.29, 0.717) is 0 Å². The van der Waals surface area contributed by atoms with E-state index in [0.717, 1.165) is 41.5 Å². The van der Waals surface area contributed by atoms with Crippen LogP contribution in [0.2, 0.25) is 0 Å². The number of imidazole rings is 1. The zero-order chi connectivity index (χ0) is 17.1. The Morgan fingerprint density at radius 1 is 1.16 bits per heavy atom. The first-order valence-corrected chi connectivity index (χ1v) is 8.76. The van der Waals surface area contributed by atoms with Gasteiger partial charge >= 0.3 is 5.69 Å². The summed E-state index contributed by atoms with van der Waals surface area (Å²) in [4.78, 5) is 11.9. The van der Waals surface area contributed by atoms with Crippen LogP contribution in [0.1, 0.15) is 12.0 Å². The van der Waals surface area contributed by atoms with Crippen LogP contribution in [-0.4, -0.2) is 41.6 Å². The topological polar surface area (TPSA) is 82.6 Å². The molecule has 0 aliphatic carbocycles. The molecular formula is C15H22ClN7OS. The first-order valence-electron chi connectivity index (χ1n) is 7.78. The number of benzene rings is 1. The summed E-state index contributed by atoms with van der Waals surface area (Å²) in [5.74, 6) is 0.966. The van der Waals surface area contributed by atoms with Gasteiger partial charge in [0.25, 0.3) is 0 Å². The average molecular weight is 384 g/mol. The van der Waals surface area contributed by atoms with Crippen LogP contribution < -0.4 is 11.0 Å². The molecule has 2 aromatic heterocycles. The van der Waals surface area contributed by atoms with Crippen LogP contribution in [0.15, 0.2) is 28.2 Å². The van der Waals surface area contributed by atoms with Gasteiger partial charge in [-0.3, -0.25) is 9.13 Å². The number of tetrazole rings is 1. The molecule has 3 rings (SSSR count). The van der Waals surface area contributed by atoms with Crippen molar-refractivity contribution in [3.63, 3.8) is 0 Å². The lowest BCUT2D eigenvalue weighted by Gasteiger charge is -2.05. The van der Waals surface area contributed by atoms with Gasteiger partial charge in [-0.05, 0) is 41.1 Å². The molecule has 0 saturated carbocycles. The molecule has 10 heteroatoms.